The number of thiophene rings is 1. The van der Waals surface area contributed by atoms with Crippen molar-refractivity contribution in [3.63, 3.8) is 0 Å². The number of fused-ring (bicyclic) bond motifs is 1. The van der Waals surface area contributed by atoms with Crippen molar-refractivity contribution in [2.24, 2.45) is 0 Å². The Morgan fingerprint density at radius 1 is 1.60 bits per heavy atom. The van der Waals surface area contributed by atoms with Crippen LogP contribution >= 0.6 is 11.3 Å². The van der Waals surface area contributed by atoms with Crippen molar-refractivity contribution < 1.29 is 0 Å². The summed E-state index contributed by atoms with van der Waals surface area (Å²) in [5.41, 5.74) is 3.31. The molecular formula is C7H6BNS. The zero-order valence-electron chi connectivity index (χ0n) is 5.64. The van der Waals surface area contributed by atoms with Gasteiger partial charge in [-0.05, 0) is 24.1 Å². The molecule has 2 aromatic heterocycles. The average molecular weight is 147 g/mol. The molecule has 0 aromatic carbocycles. The first kappa shape index (κ1) is 6.04. The van der Waals surface area contributed by atoms with E-state index in [0.29, 0.717) is 0 Å². The van der Waals surface area contributed by atoms with E-state index in [4.69, 9.17) is 7.85 Å². The quantitative estimate of drug-likeness (QED) is 0.541. The minimum absolute atomic E-state index is 0.855. The van der Waals surface area contributed by atoms with Crippen LogP contribution in [0.3, 0.4) is 0 Å². The Labute approximate surface area is 64.5 Å². The fourth-order valence-electron chi connectivity index (χ4n) is 1.05. The van der Waals surface area contributed by atoms with Gasteiger partial charge in [-0.2, -0.15) is 0 Å². The van der Waals surface area contributed by atoms with Gasteiger partial charge in [0.25, 0.3) is 0 Å². The first-order chi connectivity index (χ1) is 4.79. The lowest BCUT2D eigenvalue weighted by atomic mass is 10.0. The number of aromatic amines is 1. The first-order valence-corrected chi connectivity index (χ1v) is 3.97. The van der Waals surface area contributed by atoms with E-state index in [2.05, 4.69) is 17.3 Å². The summed E-state index contributed by atoms with van der Waals surface area (Å²) in [7, 11) is 5.67. The van der Waals surface area contributed by atoms with Gasteiger partial charge in [0.15, 0.2) is 0 Å². The smallest absolute Gasteiger partial charge is 0.117 e. The second-order valence-electron chi connectivity index (χ2n) is 2.37. The molecule has 2 rings (SSSR count). The van der Waals surface area contributed by atoms with Crippen molar-refractivity contribution in [2.45, 2.75) is 6.92 Å². The van der Waals surface area contributed by atoms with E-state index in [1.54, 1.807) is 11.3 Å². The molecule has 0 unspecified atom stereocenters. The Morgan fingerprint density at radius 2 is 2.40 bits per heavy atom. The van der Waals surface area contributed by atoms with Crippen LogP contribution in [0.25, 0.3) is 10.2 Å². The van der Waals surface area contributed by atoms with Crippen LogP contribution in [0.5, 0.6) is 0 Å². The third kappa shape index (κ3) is 0.640. The first-order valence-electron chi connectivity index (χ1n) is 3.09. The molecule has 3 heteroatoms. The van der Waals surface area contributed by atoms with Crippen LogP contribution in [0.4, 0.5) is 0 Å². The van der Waals surface area contributed by atoms with E-state index in [-0.39, 0.29) is 0 Å². The molecule has 1 nitrogen and oxygen atoms in total. The maximum absolute atomic E-state index is 5.67. The number of H-pyrrole nitrogens is 1. The molecule has 2 heterocycles. The predicted octanol–water partition coefficient (Wildman–Crippen LogP) is 1.33. The van der Waals surface area contributed by atoms with Gasteiger partial charge in [0.2, 0.25) is 0 Å². The maximum atomic E-state index is 5.67. The molecule has 2 radical (unpaired) electrons. The number of hydrogen-bond donors (Lipinski definition) is 1. The van der Waals surface area contributed by atoms with Crippen molar-refractivity contribution in [1.29, 1.82) is 0 Å². The molecule has 1 N–H and O–H groups in total. The van der Waals surface area contributed by atoms with Crippen molar-refractivity contribution in [3.8, 4) is 0 Å². The summed E-state index contributed by atoms with van der Waals surface area (Å²) in [5, 5.41) is 2.11. The lowest BCUT2D eigenvalue weighted by Gasteiger charge is -1.78. The van der Waals surface area contributed by atoms with E-state index >= 15 is 0 Å². The van der Waals surface area contributed by atoms with E-state index in [1.165, 1.54) is 15.8 Å². The molecule has 0 aliphatic rings. The monoisotopic (exact) mass is 147 g/mol. The Kier molecular flexibility index (Phi) is 1.14. The van der Waals surface area contributed by atoms with Gasteiger partial charge in [0, 0.05) is 4.70 Å². The normalized spacial score (nSPS) is 10.9. The molecule has 0 amide bonds. The van der Waals surface area contributed by atoms with Gasteiger partial charge >= 0.3 is 0 Å². The Bertz CT molecular complexity index is 324. The van der Waals surface area contributed by atoms with Gasteiger partial charge in [-0.25, -0.2) is 0 Å². The van der Waals surface area contributed by atoms with E-state index in [9.17, 15) is 0 Å². The summed E-state index contributed by atoms with van der Waals surface area (Å²) >= 11 is 1.69. The summed E-state index contributed by atoms with van der Waals surface area (Å²) in [4.78, 5) is 3.12. The molecule has 0 fully saturated rings. The number of rotatable bonds is 0. The lowest BCUT2D eigenvalue weighted by Crippen LogP contribution is -1.94. The van der Waals surface area contributed by atoms with Crippen molar-refractivity contribution in [2.75, 3.05) is 0 Å². The molecule has 0 saturated heterocycles. The van der Waals surface area contributed by atoms with Gasteiger partial charge in [0.1, 0.15) is 7.85 Å². The summed E-state index contributed by atoms with van der Waals surface area (Å²) in [6.45, 7) is 2.08. The molecule has 0 spiro atoms. The molecule has 2 aromatic rings. The van der Waals surface area contributed by atoms with Gasteiger partial charge in [-0.15, -0.1) is 11.3 Å². The Balaban J connectivity index is 2.95. The molecule has 0 atom stereocenters. The molecule has 0 bridgehead atoms. The summed E-state index contributed by atoms with van der Waals surface area (Å²) < 4.78 is 1.18. The van der Waals surface area contributed by atoms with E-state index in [0.717, 1.165) is 5.46 Å². The maximum Gasteiger partial charge on any atom is 0.117 e. The minimum Gasteiger partial charge on any atom is -0.361 e. The minimum atomic E-state index is 0.855. The predicted molar refractivity (Wildman–Crippen MR) is 46.3 cm³/mol. The summed E-state index contributed by atoms with van der Waals surface area (Å²) in [6.07, 6.45) is 1.84. The number of nitrogens with one attached hydrogen (secondary N) is 1. The van der Waals surface area contributed by atoms with Crippen LogP contribution in [-0.4, -0.2) is 12.8 Å². The van der Waals surface area contributed by atoms with Gasteiger partial charge in [0.05, 0.1) is 5.52 Å². The van der Waals surface area contributed by atoms with Crippen LogP contribution in [-0.2, 0) is 0 Å². The van der Waals surface area contributed by atoms with Gasteiger partial charge in [-0.1, -0.05) is 5.46 Å². The SMILES string of the molecule is [B]c1c[nH]c2c(C)csc12. The van der Waals surface area contributed by atoms with Crippen LogP contribution in [0, 0.1) is 6.92 Å². The van der Waals surface area contributed by atoms with E-state index in [1.807, 2.05) is 6.20 Å². The molecule has 0 saturated carbocycles. The highest BCUT2D eigenvalue weighted by Crippen LogP contribution is 2.21. The fraction of sp³-hybridized carbons (Fsp3) is 0.143. The zero-order chi connectivity index (χ0) is 7.14. The largest absolute Gasteiger partial charge is 0.361 e. The van der Waals surface area contributed by atoms with Crippen LogP contribution < -0.4 is 5.46 Å². The van der Waals surface area contributed by atoms with Gasteiger partial charge in [-0.3, -0.25) is 0 Å². The number of aromatic nitrogens is 1. The highest BCUT2D eigenvalue weighted by molar-refractivity contribution is 7.18. The average Bonchev–Trinajstić information content (AvgIpc) is 2.41. The van der Waals surface area contributed by atoms with Crippen LogP contribution in [0.1, 0.15) is 5.56 Å². The third-order valence-corrected chi connectivity index (χ3v) is 2.76. The van der Waals surface area contributed by atoms with Gasteiger partial charge < -0.3 is 4.98 Å². The Morgan fingerprint density at radius 3 is 3.10 bits per heavy atom. The van der Waals surface area contributed by atoms with Crippen molar-refractivity contribution in [1.82, 2.24) is 4.98 Å². The second kappa shape index (κ2) is 1.89. The lowest BCUT2D eigenvalue weighted by molar-refractivity contribution is 1.44. The standard InChI is InChI=1S/C7H6BNS/c1-4-3-10-7-5(8)2-9-6(4)7/h2-3,9H,1H3. The molecule has 0 aliphatic heterocycles. The number of hydrogen-bond acceptors (Lipinski definition) is 1. The third-order valence-electron chi connectivity index (χ3n) is 1.61. The fourth-order valence-corrected chi connectivity index (χ4v) is 2.00. The summed E-state index contributed by atoms with van der Waals surface area (Å²) in [5.74, 6) is 0. The molecular weight excluding hydrogens is 141 g/mol. The zero-order valence-corrected chi connectivity index (χ0v) is 6.46. The molecule has 10 heavy (non-hydrogen) atoms. The topological polar surface area (TPSA) is 15.8 Å². The summed E-state index contributed by atoms with van der Waals surface area (Å²) in [6, 6.07) is 0. The Hall–Kier alpha value is -0.695. The molecule has 0 aliphatic carbocycles. The number of aryl methyl sites for hydroxylation is 1. The highest BCUT2D eigenvalue weighted by atomic mass is 32.1. The second-order valence-corrected chi connectivity index (χ2v) is 3.25. The molecule has 48 valence electrons. The van der Waals surface area contributed by atoms with E-state index < -0.39 is 0 Å². The highest BCUT2D eigenvalue weighted by Gasteiger charge is 2.02. The van der Waals surface area contributed by atoms with Crippen LogP contribution in [0.15, 0.2) is 11.6 Å². The van der Waals surface area contributed by atoms with Crippen LogP contribution in [0.2, 0.25) is 0 Å². The van der Waals surface area contributed by atoms with Crippen molar-refractivity contribution >= 4 is 34.9 Å². The van der Waals surface area contributed by atoms with Crippen molar-refractivity contribution in [3.05, 3.63) is 17.1 Å².